The SMILES string of the molecule is Cc1ccc(S(=O)(=O)N2CCOCC2)cc1C(=O)NCCCOC(C)C. The first-order chi connectivity index (χ1) is 12.3. The number of ether oxygens (including phenoxy) is 2. The zero-order chi connectivity index (χ0) is 19.2. The molecule has 1 fully saturated rings. The van der Waals surface area contributed by atoms with Crippen molar-refractivity contribution in [2.45, 2.75) is 38.2 Å². The van der Waals surface area contributed by atoms with Crippen molar-refractivity contribution in [3.05, 3.63) is 29.3 Å². The molecule has 1 N–H and O–H groups in total. The number of nitrogens with zero attached hydrogens (tertiary/aromatic N) is 1. The summed E-state index contributed by atoms with van der Waals surface area (Å²) in [7, 11) is -3.62. The highest BCUT2D eigenvalue weighted by Crippen LogP contribution is 2.20. The minimum Gasteiger partial charge on any atom is -0.379 e. The molecule has 1 heterocycles. The van der Waals surface area contributed by atoms with Gasteiger partial charge in [0.15, 0.2) is 0 Å². The minimum absolute atomic E-state index is 0.137. The molecule has 8 heteroatoms. The molecule has 1 aromatic carbocycles. The van der Waals surface area contributed by atoms with Crippen LogP contribution in [0.5, 0.6) is 0 Å². The zero-order valence-electron chi connectivity index (χ0n) is 15.7. The van der Waals surface area contributed by atoms with Crippen molar-refractivity contribution in [1.82, 2.24) is 9.62 Å². The van der Waals surface area contributed by atoms with Crippen LogP contribution in [0.25, 0.3) is 0 Å². The van der Waals surface area contributed by atoms with Gasteiger partial charge in [0, 0.05) is 31.8 Å². The molecule has 0 atom stereocenters. The molecule has 7 nitrogen and oxygen atoms in total. The molecule has 1 aromatic rings. The van der Waals surface area contributed by atoms with Gasteiger partial charge in [0.05, 0.1) is 24.2 Å². The van der Waals surface area contributed by atoms with Crippen molar-refractivity contribution in [1.29, 1.82) is 0 Å². The summed E-state index contributed by atoms with van der Waals surface area (Å²) in [5.74, 6) is -0.272. The van der Waals surface area contributed by atoms with E-state index in [0.717, 1.165) is 5.56 Å². The number of morpholine rings is 1. The van der Waals surface area contributed by atoms with Crippen LogP contribution in [0.15, 0.2) is 23.1 Å². The van der Waals surface area contributed by atoms with Crippen LogP contribution in [-0.2, 0) is 19.5 Å². The molecule has 146 valence electrons. The highest BCUT2D eigenvalue weighted by Gasteiger charge is 2.27. The molecule has 0 bridgehead atoms. The van der Waals surface area contributed by atoms with Gasteiger partial charge in [-0.2, -0.15) is 4.31 Å². The van der Waals surface area contributed by atoms with Gasteiger partial charge in [-0.25, -0.2) is 8.42 Å². The van der Waals surface area contributed by atoms with Gasteiger partial charge in [-0.1, -0.05) is 6.07 Å². The summed E-state index contributed by atoms with van der Waals surface area (Å²) in [6.07, 6.45) is 0.865. The molecule has 1 aliphatic heterocycles. The standard InChI is InChI=1S/C18H28N2O5S/c1-14(2)25-10-4-7-19-18(21)17-13-16(6-5-15(17)3)26(22,23)20-8-11-24-12-9-20/h5-6,13-14H,4,7-12H2,1-3H3,(H,19,21). The van der Waals surface area contributed by atoms with E-state index in [-0.39, 0.29) is 16.9 Å². The predicted molar refractivity (Wildman–Crippen MR) is 98.8 cm³/mol. The molecule has 0 aromatic heterocycles. The van der Waals surface area contributed by atoms with Gasteiger partial charge in [-0.3, -0.25) is 4.79 Å². The van der Waals surface area contributed by atoms with Gasteiger partial charge in [0.1, 0.15) is 0 Å². The molecule has 0 radical (unpaired) electrons. The van der Waals surface area contributed by atoms with E-state index in [2.05, 4.69) is 5.32 Å². The fourth-order valence-corrected chi connectivity index (χ4v) is 4.07. The minimum atomic E-state index is -3.62. The summed E-state index contributed by atoms with van der Waals surface area (Å²) >= 11 is 0. The number of carbonyl (C=O) groups excluding carboxylic acids is 1. The van der Waals surface area contributed by atoms with E-state index < -0.39 is 10.0 Å². The second-order valence-electron chi connectivity index (χ2n) is 6.52. The van der Waals surface area contributed by atoms with Crippen molar-refractivity contribution < 1.29 is 22.7 Å². The zero-order valence-corrected chi connectivity index (χ0v) is 16.5. The maximum Gasteiger partial charge on any atom is 0.251 e. The molecule has 1 aliphatic rings. The maximum absolute atomic E-state index is 12.8. The Hall–Kier alpha value is -1.48. The lowest BCUT2D eigenvalue weighted by Gasteiger charge is -2.26. The third-order valence-corrected chi connectivity index (χ3v) is 6.01. The number of aryl methyl sites for hydroxylation is 1. The molecular weight excluding hydrogens is 356 g/mol. The third-order valence-electron chi connectivity index (χ3n) is 4.12. The normalized spacial score (nSPS) is 16.0. The first kappa shape index (κ1) is 20.8. The molecule has 2 rings (SSSR count). The van der Waals surface area contributed by atoms with Gasteiger partial charge in [-0.15, -0.1) is 0 Å². The molecule has 1 saturated heterocycles. The fraction of sp³-hybridized carbons (Fsp3) is 0.611. The largest absolute Gasteiger partial charge is 0.379 e. The number of nitrogens with one attached hydrogen (secondary N) is 1. The van der Waals surface area contributed by atoms with Crippen LogP contribution >= 0.6 is 0 Å². The number of sulfonamides is 1. The number of benzene rings is 1. The Balaban J connectivity index is 2.05. The Morgan fingerprint density at radius 3 is 2.65 bits per heavy atom. The summed E-state index contributed by atoms with van der Waals surface area (Å²) in [6, 6.07) is 4.68. The van der Waals surface area contributed by atoms with Crippen molar-refractivity contribution in [3.63, 3.8) is 0 Å². The Bertz CT molecular complexity index is 712. The first-order valence-electron chi connectivity index (χ1n) is 8.90. The van der Waals surface area contributed by atoms with Gasteiger partial charge in [-0.05, 0) is 44.9 Å². The van der Waals surface area contributed by atoms with E-state index in [9.17, 15) is 13.2 Å². The lowest BCUT2D eigenvalue weighted by atomic mass is 10.1. The van der Waals surface area contributed by atoms with Crippen LogP contribution in [0.2, 0.25) is 0 Å². The van der Waals surface area contributed by atoms with Crippen molar-refractivity contribution in [2.24, 2.45) is 0 Å². The number of carbonyl (C=O) groups is 1. The lowest BCUT2D eigenvalue weighted by Crippen LogP contribution is -2.40. The summed E-state index contributed by atoms with van der Waals surface area (Å²) in [4.78, 5) is 12.6. The van der Waals surface area contributed by atoms with E-state index >= 15 is 0 Å². The highest BCUT2D eigenvalue weighted by atomic mass is 32.2. The molecule has 0 unspecified atom stereocenters. The fourth-order valence-electron chi connectivity index (χ4n) is 2.63. The van der Waals surface area contributed by atoms with Crippen LogP contribution in [0, 0.1) is 6.92 Å². The predicted octanol–water partition coefficient (Wildman–Crippen LogP) is 1.56. The smallest absolute Gasteiger partial charge is 0.251 e. The van der Waals surface area contributed by atoms with Gasteiger partial charge in [0.2, 0.25) is 10.0 Å². The van der Waals surface area contributed by atoms with Crippen LogP contribution in [0.4, 0.5) is 0 Å². The maximum atomic E-state index is 12.8. The molecular formula is C18H28N2O5S. The van der Waals surface area contributed by atoms with E-state index in [4.69, 9.17) is 9.47 Å². The summed E-state index contributed by atoms with van der Waals surface area (Å²) in [5, 5.41) is 2.82. The van der Waals surface area contributed by atoms with E-state index in [1.54, 1.807) is 19.1 Å². The third kappa shape index (κ3) is 5.51. The Morgan fingerprint density at radius 2 is 2.00 bits per heavy atom. The monoisotopic (exact) mass is 384 g/mol. The van der Waals surface area contributed by atoms with Crippen LogP contribution in [-0.4, -0.2) is 64.2 Å². The summed E-state index contributed by atoms with van der Waals surface area (Å²) in [6.45, 7) is 8.19. The Labute approximate surface area is 155 Å². The van der Waals surface area contributed by atoms with Crippen LogP contribution in [0.1, 0.15) is 36.2 Å². The average Bonchev–Trinajstić information content (AvgIpc) is 2.62. The number of hydrogen-bond donors (Lipinski definition) is 1. The molecule has 1 amide bonds. The van der Waals surface area contributed by atoms with E-state index in [1.807, 2.05) is 13.8 Å². The van der Waals surface area contributed by atoms with E-state index in [1.165, 1.54) is 10.4 Å². The first-order valence-corrected chi connectivity index (χ1v) is 10.3. The second kappa shape index (κ2) is 9.45. The van der Waals surface area contributed by atoms with E-state index in [0.29, 0.717) is 51.4 Å². The van der Waals surface area contributed by atoms with Crippen molar-refractivity contribution in [3.8, 4) is 0 Å². The average molecular weight is 384 g/mol. The lowest BCUT2D eigenvalue weighted by molar-refractivity contribution is 0.0730. The van der Waals surface area contributed by atoms with Gasteiger partial charge in [0.25, 0.3) is 5.91 Å². The highest BCUT2D eigenvalue weighted by molar-refractivity contribution is 7.89. The van der Waals surface area contributed by atoms with Crippen molar-refractivity contribution in [2.75, 3.05) is 39.5 Å². The number of hydrogen-bond acceptors (Lipinski definition) is 5. The summed E-state index contributed by atoms with van der Waals surface area (Å²) in [5.41, 5.74) is 1.12. The quantitative estimate of drug-likeness (QED) is 0.688. The molecule has 26 heavy (non-hydrogen) atoms. The van der Waals surface area contributed by atoms with Gasteiger partial charge >= 0.3 is 0 Å². The van der Waals surface area contributed by atoms with Gasteiger partial charge < -0.3 is 14.8 Å². The number of amides is 1. The van der Waals surface area contributed by atoms with Crippen molar-refractivity contribution >= 4 is 15.9 Å². The van der Waals surface area contributed by atoms with Crippen LogP contribution < -0.4 is 5.32 Å². The second-order valence-corrected chi connectivity index (χ2v) is 8.46. The Kier molecular flexibility index (Phi) is 7.57. The number of rotatable bonds is 8. The molecule has 0 spiro atoms. The van der Waals surface area contributed by atoms with Crippen LogP contribution in [0.3, 0.4) is 0 Å². The summed E-state index contributed by atoms with van der Waals surface area (Å²) < 4.78 is 37.6. The topological polar surface area (TPSA) is 84.9 Å². The molecule has 0 saturated carbocycles. The Morgan fingerprint density at radius 1 is 1.31 bits per heavy atom. The molecule has 0 aliphatic carbocycles.